The van der Waals surface area contributed by atoms with Crippen LogP contribution < -0.4 is 15.4 Å². The van der Waals surface area contributed by atoms with Crippen LogP contribution in [0.3, 0.4) is 0 Å². The molecular formula is C19H29ClN6O2. The van der Waals surface area contributed by atoms with Gasteiger partial charge in [-0.15, -0.1) is 10.2 Å². The molecule has 0 unspecified atom stereocenters. The average Bonchev–Trinajstić information content (AvgIpc) is 3.02. The van der Waals surface area contributed by atoms with Gasteiger partial charge in [-0.05, 0) is 37.5 Å². The number of methoxy groups -OCH3 is 2. The lowest BCUT2D eigenvalue weighted by Crippen LogP contribution is -2.39. The number of benzene rings is 1. The van der Waals surface area contributed by atoms with E-state index in [2.05, 4.69) is 25.8 Å². The fraction of sp³-hybridized carbons (Fsp3) is 0.526. The number of rotatable bonds is 10. The van der Waals surface area contributed by atoms with Crippen molar-refractivity contribution in [2.75, 3.05) is 33.9 Å². The zero-order valence-electron chi connectivity index (χ0n) is 17.0. The summed E-state index contributed by atoms with van der Waals surface area (Å²) < 4.78 is 12.2. The van der Waals surface area contributed by atoms with Gasteiger partial charge in [0.15, 0.2) is 11.8 Å². The molecule has 2 N–H and O–H groups in total. The predicted octanol–water partition coefficient (Wildman–Crippen LogP) is 2.10. The lowest BCUT2D eigenvalue weighted by Gasteiger charge is -2.13. The molecule has 0 atom stereocenters. The number of guanidine groups is 1. The maximum absolute atomic E-state index is 6.32. The van der Waals surface area contributed by atoms with Crippen LogP contribution >= 0.6 is 11.6 Å². The molecule has 0 aliphatic rings. The summed E-state index contributed by atoms with van der Waals surface area (Å²) in [6.07, 6.45) is 1.66. The van der Waals surface area contributed by atoms with Gasteiger partial charge in [-0.1, -0.05) is 17.7 Å². The molecule has 1 aromatic heterocycles. The Morgan fingerprint density at radius 3 is 2.64 bits per heavy atom. The van der Waals surface area contributed by atoms with E-state index in [-0.39, 0.29) is 0 Å². The topological polar surface area (TPSA) is 85.6 Å². The Kier molecular flexibility index (Phi) is 9.03. The van der Waals surface area contributed by atoms with Crippen LogP contribution in [0.5, 0.6) is 5.75 Å². The van der Waals surface area contributed by atoms with Gasteiger partial charge in [0.05, 0.1) is 7.11 Å². The average molecular weight is 409 g/mol. The molecule has 1 heterocycles. The highest BCUT2D eigenvalue weighted by molar-refractivity contribution is 6.31. The standard InChI is InChI=1S/C19H29ClN6O2/c1-14-24-25-18(26(14)2)13-23-19(21-9-5-11-27-3)22-10-8-15-6-7-16(28-4)12-17(15)20/h6-7,12H,5,8-11,13H2,1-4H3,(H2,21,22,23). The Morgan fingerprint density at radius 2 is 2.00 bits per heavy atom. The SMILES string of the molecule is COCCCNC(=NCc1nnc(C)n1C)NCCc1ccc(OC)cc1Cl. The Bertz CT molecular complexity index is 778. The van der Waals surface area contributed by atoms with Crippen LogP contribution in [0.1, 0.15) is 23.6 Å². The Balaban J connectivity index is 1.94. The molecular weight excluding hydrogens is 380 g/mol. The van der Waals surface area contributed by atoms with Crippen LogP contribution in [-0.2, 0) is 24.8 Å². The highest BCUT2D eigenvalue weighted by Gasteiger charge is 2.06. The van der Waals surface area contributed by atoms with Gasteiger partial charge in [0.2, 0.25) is 0 Å². The summed E-state index contributed by atoms with van der Waals surface area (Å²) in [5, 5.41) is 15.6. The molecule has 0 spiro atoms. The zero-order valence-corrected chi connectivity index (χ0v) is 17.7. The number of nitrogens with one attached hydrogen (secondary N) is 2. The normalized spacial score (nSPS) is 11.5. The van der Waals surface area contributed by atoms with E-state index in [1.807, 2.05) is 36.7 Å². The van der Waals surface area contributed by atoms with Gasteiger partial charge in [0.1, 0.15) is 18.1 Å². The van der Waals surface area contributed by atoms with E-state index in [4.69, 9.17) is 21.1 Å². The summed E-state index contributed by atoms with van der Waals surface area (Å²) >= 11 is 6.32. The van der Waals surface area contributed by atoms with E-state index in [0.717, 1.165) is 48.3 Å². The number of halogens is 1. The molecule has 154 valence electrons. The van der Waals surface area contributed by atoms with Crippen LogP contribution in [0.15, 0.2) is 23.2 Å². The smallest absolute Gasteiger partial charge is 0.191 e. The predicted molar refractivity (Wildman–Crippen MR) is 111 cm³/mol. The lowest BCUT2D eigenvalue weighted by atomic mass is 10.1. The molecule has 1 aromatic carbocycles. The zero-order chi connectivity index (χ0) is 20.4. The van der Waals surface area contributed by atoms with E-state index in [9.17, 15) is 0 Å². The van der Waals surface area contributed by atoms with Crippen molar-refractivity contribution in [1.82, 2.24) is 25.4 Å². The molecule has 0 aliphatic carbocycles. The molecule has 9 heteroatoms. The molecule has 0 radical (unpaired) electrons. The minimum absolute atomic E-state index is 0.445. The quantitative estimate of drug-likeness (QED) is 0.356. The number of aliphatic imine (C=N–C) groups is 1. The summed E-state index contributed by atoms with van der Waals surface area (Å²) in [7, 11) is 5.26. The monoisotopic (exact) mass is 408 g/mol. The first-order valence-electron chi connectivity index (χ1n) is 9.23. The van der Waals surface area contributed by atoms with Crippen molar-refractivity contribution in [3.63, 3.8) is 0 Å². The minimum Gasteiger partial charge on any atom is -0.497 e. The molecule has 28 heavy (non-hydrogen) atoms. The van der Waals surface area contributed by atoms with Crippen LogP contribution in [-0.4, -0.2) is 54.6 Å². The highest BCUT2D eigenvalue weighted by atomic mass is 35.5. The number of nitrogens with zero attached hydrogens (tertiary/aromatic N) is 4. The largest absolute Gasteiger partial charge is 0.497 e. The molecule has 0 aliphatic heterocycles. The molecule has 0 amide bonds. The van der Waals surface area contributed by atoms with Crippen molar-refractivity contribution in [2.45, 2.75) is 26.3 Å². The highest BCUT2D eigenvalue weighted by Crippen LogP contribution is 2.22. The van der Waals surface area contributed by atoms with Crippen molar-refractivity contribution in [3.05, 3.63) is 40.4 Å². The van der Waals surface area contributed by atoms with Crippen LogP contribution in [0.2, 0.25) is 5.02 Å². The maximum Gasteiger partial charge on any atom is 0.191 e. The van der Waals surface area contributed by atoms with Gasteiger partial charge in [0.25, 0.3) is 0 Å². The van der Waals surface area contributed by atoms with E-state index in [1.54, 1.807) is 14.2 Å². The first kappa shape index (κ1) is 22.0. The molecule has 0 saturated carbocycles. The van der Waals surface area contributed by atoms with Crippen molar-refractivity contribution in [2.24, 2.45) is 12.0 Å². The summed E-state index contributed by atoms with van der Waals surface area (Å²) in [5.74, 6) is 3.15. The second kappa shape index (κ2) is 11.5. The molecule has 2 aromatic rings. The minimum atomic E-state index is 0.445. The van der Waals surface area contributed by atoms with E-state index in [1.165, 1.54) is 0 Å². The Hall–Kier alpha value is -2.32. The number of hydrogen-bond acceptors (Lipinski definition) is 5. The Morgan fingerprint density at radius 1 is 1.21 bits per heavy atom. The van der Waals surface area contributed by atoms with Crippen molar-refractivity contribution in [3.8, 4) is 5.75 Å². The number of aromatic nitrogens is 3. The van der Waals surface area contributed by atoms with Crippen LogP contribution in [0.25, 0.3) is 0 Å². The summed E-state index contributed by atoms with van der Waals surface area (Å²) in [6, 6.07) is 5.72. The van der Waals surface area contributed by atoms with Crippen molar-refractivity contribution < 1.29 is 9.47 Å². The van der Waals surface area contributed by atoms with Gasteiger partial charge in [-0.25, -0.2) is 4.99 Å². The van der Waals surface area contributed by atoms with Crippen molar-refractivity contribution in [1.29, 1.82) is 0 Å². The third-order valence-electron chi connectivity index (χ3n) is 4.33. The summed E-state index contributed by atoms with van der Waals surface area (Å²) in [4.78, 5) is 4.62. The van der Waals surface area contributed by atoms with E-state index < -0.39 is 0 Å². The second-order valence-corrected chi connectivity index (χ2v) is 6.70. The number of aryl methyl sites for hydroxylation is 1. The second-order valence-electron chi connectivity index (χ2n) is 6.29. The Labute approximate surface area is 171 Å². The lowest BCUT2D eigenvalue weighted by molar-refractivity contribution is 0.195. The summed E-state index contributed by atoms with van der Waals surface area (Å²) in [5.41, 5.74) is 1.05. The first-order valence-corrected chi connectivity index (χ1v) is 9.61. The molecule has 0 saturated heterocycles. The number of ether oxygens (including phenoxy) is 2. The maximum atomic E-state index is 6.32. The van der Waals surface area contributed by atoms with Gasteiger partial charge in [0, 0.05) is 38.9 Å². The molecule has 8 nitrogen and oxygen atoms in total. The summed E-state index contributed by atoms with van der Waals surface area (Å²) in [6.45, 7) is 4.52. The molecule has 0 bridgehead atoms. The van der Waals surface area contributed by atoms with Crippen molar-refractivity contribution >= 4 is 17.6 Å². The fourth-order valence-corrected chi connectivity index (χ4v) is 2.77. The van der Waals surface area contributed by atoms with E-state index in [0.29, 0.717) is 24.7 Å². The third kappa shape index (κ3) is 6.69. The fourth-order valence-electron chi connectivity index (χ4n) is 2.51. The van der Waals surface area contributed by atoms with Crippen LogP contribution in [0, 0.1) is 6.92 Å². The molecule has 2 rings (SSSR count). The van der Waals surface area contributed by atoms with Crippen LogP contribution in [0.4, 0.5) is 0 Å². The molecule has 0 fully saturated rings. The first-order chi connectivity index (χ1) is 13.5. The van der Waals surface area contributed by atoms with Gasteiger partial charge in [-0.2, -0.15) is 0 Å². The van der Waals surface area contributed by atoms with Gasteiger partial charge in [-0.3, -0.25) is 0 Å². The number of hydrogen-bond donors (Lipinski definition) is 2. The van der Waals surface area contributed by atoms with Gasteiger partial charge < -0.3 is 24.7 Å². The van der Waals surface area contributed by atoms with Gasteiger partial charge >= 0.3 is 0 Å². The van der Waals surface area contributed by atoms with E-state index >= 15 is 0 Å². The third-order valence-corrected chi connectivity index (χ3v) is 4.68.